The van der Waals surface area contributed by atoms with Gasteiger partial charge in [-0.3, -0.25) is 9.48 Å². The Morgan fingerprint density at radius 1 is 1.47 bits per heavy atom. The molecule has 0 aliphatic heterocycles. The first-order chi connectivity index (χ1) is 8.16. The first-order valence-electron chi connectivity index (χ1n) is 6.42. The normalized spacial score (nSPS) is 24.8. The minimum atomic E-state index is 0.253. The van der Waals surface area contributed by atoms with E-state index in [9.17, 15) is 4.79 Å². The molecule has 1 heterocycles. The minimum Gasteiger partial charge on any atom is -0.328 e. The van der Waals surface area contributed by atoms with Crippen molar-refractivity contribution < 1.29 is 4.79 Å². The highest BCUT2D eigenvalue weighted by Gasteiger charge is 2.24. The summed E-state index contributed by atoms with van der Waals surface area (Å²) >= 11 is 0. The van der Waals surface area contributed by atoms with Crippen LogP contribution in [0.4, 0.5) is 0 Å². The Morgan fingerprint density at radius 3 is 2.76 bits per heavy atom. The zero-order chi connectivity index (χ0) is 12.3. The Hall–Kier alpha value is -1.16. The Labute approximate surface area is 102 Å². The maximum absolute atomic E-state index is 12.0. The molecule has 0 bridgehead atoms. The summed E-state index contributed by atoms with van der Waals surface area (Å²) in [7, 11) is 1.92. The molecule has 0 amide bonds. The summed E-state index contributed by atoms with van der Waals surface area (Å²) in [5.74, 6) is 0.654. The monoisotopic (exact) mass is 235 g/mol. The minimum absolute atomic E-state index is 0.253. The van der Waals surface area contributed by atoms with Gasteiger partial charge in [0.05, 0.1) is 0 Å². The molecule has 1 fully saturated rings. The fourth-order valence-electron chi connectivity index (χ4n) is 2.54. The third-order valence-corrected chi connectivity index (χ3v) is 3.78. The Balaban J connectivity index is 1.80. The lowest BCUT2D eigenvalue weighted by atomic mass is 9.82. The van der Waals surface area contributed by atoms with Crippen molar-refractivity contribution in [2.75, 3.05) is 0 Å². The van der Waals surface area contributed by atoms with Gasteiger partial charge in [0.2, 0.25) is 0 Å². The molecular formula is C13H21N3O. The lowest BCUT2D eigenvalue weighted by Crippen LogP contribution is -2.30. The molecule has 1 aliphatic carbocycles. The summed E-state index contributed by atoms with van der Waals surface area (Å²) in [5, 5.41) is 4.11. The molecule has 0 unspecified atom stereocenters. The summed E-state index contributed by atoms with van der Waals surface area (Å²) in [5.41, 5.74) is 6.98. The van der Waals surface area contributed by atoms with Gasteiger partial charge in [0, 0.05) is 37.3 Å². The molecule has 0 aromatic carbocycles. The van der Waals surface area contributed by atoms with Crippen LogP contribution in [-0.4, -0.2) is 21.6 Å². The molecule has 0 spiro atoms. The van der Waals surface area contributed by atoms with E-state index in [1.807, 2.05) is 17.8 Å². The van der Waals surface area contributed by atoms with Crippen LogP contribution >= 0.6 is 0 Å². The smallest absolute Gasteiger partial charge is 0.136 e. The van der Waals surface area contributed by atoms with Gasteiger partial charge in [0.15, 0.2) is 0 Å². The lowest BCUT2D eigenvalue weighted by Gasteiger charge is -2.24. The van der Waals surface area contributed by atoms with Crippen molar-refractivity contribution in [2.45, 2.75) is 44.6 Å². The van der Waals surface area contributed by atoms with Crippen molar-refractivity contribution in [1.29, 1.82) is 0 Å². The number of aryl methyl sites for hydroxylation is 2. The molecule has 2 rings (SSSR count). The van der Waals surface area contributed by atoms with Crippen LogP contribution in [-0.2, 0) is 18.3 Å². The summed E-state index contributed by atoms with van der Waals surface area (Å²) < 4.78 is 1.84. The van der Waals surface area contributed by atoms with Gasteiger partial charge in [-0.05, 0) is 38.2 Å². The van der Waals surface area contributed by atoms with Gasteiger partial charge in [0.1, 0.15) is 5.78 Å². The van der Waals surface area contributed by atoms with E-state index < -0.39 is 0 Å². The molecule has 1 aromatic heterocycles. The van der Waals surface area contributed by atoms with Gasteiger partial charge in [-0.2, -0.15) is 5.10 Å². The average Bonchev–Trinajstić information content (AvgIpc) is 2.73. The van der Waals surface area contributed by atoms with Crippen molar-refractivity contribution in [1.82, 2.24) is 9.78 Å². The molecular weight excluding hydrogens is 214 g/mol. The van der Waals surface area contributed by atoms with Crippen molar-refractivity contribution in [3.8, 4) is 0 Å². The zero-order valence-corrected chi connectivity index (χ0v) is 10.4. The molecule has 17 heavy (non-hydrogen) atoms. The number of nitrogens with two attached hydrogens (primary N) is 1. The van der Waals surface area contributed by atoms with Crippen LogP contribution in [0.15, 0.2) is 12.3 Å². The Morgan fingerprint density at radius 2 is 2.18 bits per heavy atom. The quantitative estimate of drug-likeness (QED) is 0.859. The molecule has 2 N–H and O–H groups in total. The predicted octanol–water partition coefficient (Wildman–Crippen LogP) is 1.44. The number of Topliss-reactive ketones (excluding diaryl/α,β-unsaturated/α-hetero) is 1. The SMILES string of the molecule is Cn1nccc1CCC(=O)C1CCC(N)CC1. The van der Waals surface area contributed by atoms with Crippen LogP contribution in [0.2, 0.25) is 0 Å². The highest BCUT2D eigenvalue weighted by molar-refractivity contribution is 5.81. The summed E-state index contributed by atoms with van der Waals surface area (Å²) in [4.78, 5) is 12.0. The van der Waals surface area contributed by atoms with E-state index in [2.05, 4.69) is 5.10 Å². The van der Waals surface area contributed by atoms with E-state index >= 15 is 0 Å². The third kappa shape index (κ3) is 3.16. The molecule has 1 saturated carbocycles. The number of carbonyl (C=O) groups is 1. The summed E-state index contributed by atoms with van der Waals surface area (Å²) in [6.45, 7) is 0. The molecule has 0 saturated heterocycles. The van der Waals surface area contributed by atoms with E-state index in [0.717, 1.165) is 37.8 Å². The maximum atomic E-state index is 12.0. The standard InChI is InChI=1S/C13H21N3O/c1-16-12(8-9-15-16)6-7-13(17)10-2-4-11(14)5-3-10/h8-11H,2-7,14H2,1H3. The first-order valence-corrected chi connectivity index (χ1v) is 6.42. The van der Waals surface area contributed by atoms with Crippen LogP contribution < -0.4 is 5.73 Å². The van der Waals surface area contributed by atoms with E-state index in [0.29, 0.717) is 18.2 Å². The van der Waals surface area contributed by atoms with Crippen molar-refractivity contribution >= 4 is 5.78 Å². The molecule has 0 atom stereocenters. The second kappa shape index (κ2) is 5.45. The number of ketones is 1. The Kier molecular flexibility index (Phi) is 3.94. The van der Waals surface area contributed by atoms with E-state index in [1.165, 1.54) is 0 Å². The van der Waals surface area contributed by atoms with Crippen LogP contribution in [0.1, 0.15) is 37.8 Å². The molecule has 4 nitrogen and oxygen atoms in total. The third-order valence-electron chi connectivity index (χ3n) is 3.78. The number of rotatable bonds is 4. The average molecular weight is 235 g/mol. The van der Waals surface area contributed by atoms with Gasteiger partial charge in [0.25, 0.3) is 0 Å². The number of hydrogen-bond acceptors (Lipinski definition) is 3. The molecule has 0 radical (unpaired) electrons. The maximum Gasteiger partial charge on any atom is 0.136 e. The predicted molar refractivity (Wildman–Crippen MR) is 66.5 cm³/mol. The second-order valence-corrected chi connectivity index (χ2v) is 5.02. The second-order valence-electron chi connectivity index (χ2n) is 5.02. The van der Waals surface area contributed by atoms with Gasteiger partial charge in [-0.15, -0.1) is 0 Å². The highest BCUT2D eigenvalue weighted by atomic mass is 16.1. The van der Waals surface area contributed by atoms with Gasteiger partial charge in [-0.25, -0.2) is 0 Å². The van der Waals surface area contributed by atoms with E-state index in [4.69, 9.17) is 5.73 Å². The van der Waals surface area contributed by atoms with Gasteiger partial charge in [-0.1, -0.05) is 0 Å². The van der Waals surface area contributed by atoms with Gasteiger partial charge < -0.3 is 5.73 Å². The fraction of sp³-hybridized carbons (Fsp3) is 0.692. The molecule has 1 aliphatic rings. The van der Waals surface area contributed by atoms with Crippen molar-refractivity contribution in [3.63, 3.8) is 0 Å². The largest absolute Gasteiger partial charge is 0.328 e. The van der Waals surface area contributed by atoms with Gasteiger partial charge >= 0.3 is 0 Å². The number of hydrogen-bond donors (Lipinski definition) is 1. The topological polar surface area (TPSA) is 60.9 Å². The molecule has 94 valence electrons. The van der Waals surface area contributed by atoms with Crippen molar-refractivity contribution in [3.05, 3.63) is 18.0 Å². The fourth-order valence-corrected chi connectivity index (χ4v) is 2.54. The summed E-state index contributed by atoms with van der Waals surface area (Å²) in [6.07, 6.45) is 7.18. The lowest BCUT2D eigenvalue weighted by molar-refractivity contribution is -0.123. The van der Waals surface area contributed by atoms with Crippen LogP contribution in [0.25, 0.3) is 0 Å². The highest BCUT2D eigenvalue weighted by Crippen LogP contribution is 2.25. The van der Waals surface area contributed by atoms with E-state index in [-0.39, 0.29) is 5.92 Å². The van der Waals surface area contributed by atoms with Crippen LogP contribution in [0.3, 0.4) is 0 Å². The summed E-state index contributed by atoms with van der Waals surface area (Å²) in [6, 6.07) is 2.29. The number of nitrogens with zero attached hydrogens (tertiary/aromatic N) is 2. The number of carbonyl (C=O) groups excluding carboxylic acids is 1. The zero-order valence-electron chi connectivity index (χ0n) is 10.4. The Bertz CT molecular complexity index is 378. The molecule has 1 aromatic rings. The van der Waals surface area contributed by atoms with Crippen molar-refractivity contribution in [2.24, 2.45) is 18.7 Å². The van der Waals surface area contributed by atoms with Crippen LogP contribution in [0, 0.1) is 5.92 Å². The van der Waals surface area contributed by atoms with E-state index in [1.54, 1.807) is 6.20 Å². The first kappa shape index (κ1) is 12.3. The molecule has 4 heteroatoms. The number of aromatic nitrogens is 2. The van der Waals surface area contributed by atoms with Crippen LogP contribution in [0.5, 0.6) is 0 Å².